The summed E-state index contributed by atoms with van der Waals surface area (Å²) in [4.78, 5) is 13.3. The van der Waals surface area contributed by atoms with Gasteiger partial charge in [0, 0.05) is 25.4 Å². The van der Waals surface area contributed by atoms with Crippen molar-refractivity contribution in [2.45, 2.75) is 31.6 Å². The Balaban J connectivity index is 1.55. The number of carbonyl (C=O) groups is 1. The van der Waals surface area contributed by atoms with Crippen molar-refractivity contribution < 1.29 is 9.90 Å². The number of hydrogen-bond donors (Lipinski definition) is 1. The molecule has 102 valence electrons. The van der Waals surface area contributed by atoms with E-state index in [1.54, 1.807) is 0 Å². The standard InChI is InChI=1S/C16H21NO2/c18-16(19)8-12-4-3-7-17(10-12)11-14-9-13-5-1-2-6-15(13)14/h1-2,5-6,12,14H,3-4,7-11H2,(H,18,19). The van der Waals surface area contributed by atoms with Gasteiger partial charge in [-0.3, -0.25) is 4.79 Å². The van der Waals surface area contributed by atoms with Crippen LogP contribution in [0.25, 0.3) is 0 Å². The third kappa shape index (κ3) is 2.81. The SMILES string of the molecule is O=C(O)CC1CCCN(CC2Cc3ccccc32)C1. The van der Waals surface area contributed by atoms with E-state index in [9.17, 15) is 4.79 Å². The molecule has 2 unspecified atom stereocenters. The van der Waals surface area contributed by atoms with Gasteiger partial charge in [-0.1, -0.05) is 24.3 Å². The fourth-order valence-electron chi connectivity index (χ4n) is 3.57. The van der Waals surface area contributed by atoms with Crippen LogP contribution in [0.4, 0.5) is 0 Å². The van der Waals surface area contributed by atoms with Crippen LogP contribution in [0.5, 0.6) is 0 Å². The van der Waals surface area contributed by atoms with Gasteiger partial charge in [0.2, 0.25) is 0 Å². The average molecular weight is 259 g/mol. The molecule has 1 N–H and O–H groups in total. The Morgan fingerprint density at radius 3 is 3.00 bits per heavy atom. The van der Waals surface area contributed by atoms with E-state index < -0.39 is 5.97 Å². The monoisotopic (exact) mass is 259 g/mol. The minimum absolute atomic E-state index is 0.331. The number of carboxylic acid groups (broad SMARTS) is 1. The largest absolute Gasteiger partial charge is 0.481 e. The summed E-state index contributed by atoms with van der Waals surface area (Å²) in [6.07, 6.45) is 3.74. The molecule has 0 saturated carbocycles. The zero-order chi connectivity index (χ0) is 13.2. The van der Waals surface area contributed by atoms with Gasteiger partial charge in [0.15, 0.2) is 0 Å². The number of hydrogen-bond acceptors (Lipinski definition) is 2. The fraction of sp³-hybridized carbons (Fsp3) is 0.562. The molecule has 2 aliphatic rings. The average Bonchev–Trinajstić information content (AvgIpc) is 2.36. The van der Waals surface area contributed by atoms with Crippen molar-refractivity contribution >= 4 is 5.97 Å². The van der Waals surface area contributed by atoms with Crippen LogP contribution >= 0.6 is 0 Å². The fourth-order valence-corrected chi connectivity index (χ4v) is 3.57. The highest BCUT2D eigenvalue weighted by Crippen LogP contribution is 2.36. The Morgan fingerprint density at radius 1 is 1.37 bits per heavy atom. The Labute approximate surface area is 114 Å². The van der Waals surface area contributed by atoms with Gasteiger partial charge in [0.05, 0.1) is 0 Å². The second-order valence-electron chi connectivity index (χ2n) is 5.97. The Kier molecular flexibility index (Phi) is 3.56. The molecule has 1 aliphatic carbocycles. The maximum absolute atomic E-state index is 10.8. The maximum Gasteiger partial charge on any atom is 0.303 e. The number of benzene rings is 1. The van der Waals surface area contributed by atoms with Gasteiger partial charge in [-0.2, -0.15) is 0 Å². The molecule has 1 aromatic rings. The zero-order valence-electron chi connectivity index (χ0n) is 11.2. The van der Waals surface area contributed by atoms with Crippen LogP contribution in [-0.4, -0.2) is 35.6 Å². The van der Waals surface area contributed by atoms with Crippen LogP contribution < -0.4 is 0 Å². The van der Waals surface area contributed by atoms with Gasteiger partial charge < -0.3 is 10.0 Å². The molecule has 0 radical (unpaired) electrons. The van der Waals surface area contributed by atoms with Crippen molar-refractivity contribution in [2.75, 3.05) is 19.6 Å². The highest BCUT2D eigenvalue weighted by Gasteiger charge is 2.29. The molecule has 1 saturated heterocycles. The predicted octanol–water partition coefficient (Wildman–Crippen LogP) is 2.51. The number of rotatable bonds is 4. The lowest BCUT2D eigenvalue weighted by atomic mass is 9.77. The quantitative estimate of drug-likeness (QED) is 0.903. The van der Waals surface area contributed by atoms with E-state index in [-0.39, 0.29) is 0 Å². The van der Waals surface area contributed by atoms with Crippen LogP contribution in [0.3, 0.4) is 0 Å². The molecule has 19 heavy (non-hydrogen) atoms. The van der Waals surface area contributed by atoms with E-state index in [0.29, 0.717) is 18.3 Å². The van der Waals surface area contributed by atoms with Gasteiger partial charge in [-0.15, -0.1) is 0 Å². The first-order chi connectivity index (χ1) is 9.22. The zero-order valence-corrected chi connectivity index (χ0v) is 11.2. The van der Waals surface area contributed by atoms with Crippen LogP contribution in [-0.2, 0) is 11.2 Å². The normalized spacial score (nSPS) is 26.5. The van der Waals surface area contributed by atoms with E-state index in [1.807, 2.05) is 0 Å². The smallest absolute Gasteiger partial charge is 0.303 e. The van der Waals surface area contributed by atoms with Crippen molar-refractivity contribution in [3.63, 3.8) is 0 Å². The second kappa shape index (κ2) is 5.33. The molecular formula is C16H21NO2. The summed E-state index contributed by atoms with van der Waals surface area (Å²) in [5.74, 6) is 0.363. The van der Waals surface area contributed by atoms with Crippen LogP contribution in [0.2, 0.25) is 0 Å². The van der Waals surface area contributed by atoms with Crippen molar-refractivity contribution in [1.29, 1.82) is 0 Å². The third-order valence-electron chi connectivity index (χ3n) is 4.51. The minimum atomic E-state index is -0.652. The van der Waals surface area contributed by atoms with Crippen molar-refractivity contribution in [2.24, 2.45) is 5.92 Å². The van der Waals surface area contributed by atoms with E-state index in [2.05, 4.69) is 29.2 Å². The molecule has 3 nitrogen and oxygen atoms in total. The van der Waals surface area contributed by atoms with Gasteiger partial charge in [0.1, 0.15) is 0 Å². The van der Waals surface area contributed by atoms with E-state index in [4.69, 9.17) is 5.11 Å². The molecular weight excluding hydrogens is 238 g/mol. The first-order valence-corrected chi connectivity index (χ1v) is 7.24. The lowest BCUT2D eigenvalue weighted by Gasteiger charge is -2.38. The first kappa shape index (κ1) is 12.7. The summed E-state index contributed by atoms with van der Waals surface area (Å²) < 4.78 is 0. The molecule has 0 amide bonds. The van der Waals surface area contributed by atoms with Crippen molar-refractivity contribution in [3.8, 4) is 0 Å². The summed E-state index contributed by atoms with van der Waals surface area (Å²) in [6, 6.07) is 8.69. The molecule has 3 heteroatoms. The molecule has 3 rings (SSSR count). The first-order valence-electron chi connectivity index (χ1n) is 7.24. The third-order valence-corrected chi connectivity index (χ3v) is 4.51. The number of carboxylic acids is 1. The molecule has 1 fully saturated rings. The summed E-state index contributed by atoms with van der Waals surface area (Å²) in [5, 5.41) is 8.90. The number of likely N-dealkylation sites (tertiary alicyclic amines) is 1. The summed E-state index contributed by atoms with van der Waals surface area (Å²) >= 11 is 0. The van der Waals surface area contributed by atoms with Gasteiger partial charge in [-0.05, 0) is 42.9 Å². The highest BCUT2D eigenvalue weighted by molar-refractivity contribution is 5.67. The number of piperidine rings is 1. The van der Waals surface area contributed by atoms with Gasteiger partial charge >= 0.3 is 5.97 Å². The highest BCUT2D eigenvalue weighted by atomic mass is 16.4. The topological polar surface area (TPSA) is 40.5 Å². The molecule has 0 spiro atoms. The van der Waals surface area contributed by atoms with Crippen molar-refractivity contribution in [3.05, 3.63) is 35.4 Å². The maximum atomic E-state index is 10.8. The van der Waals surface area contributed by atoms with Gasteiger partial charge in [0.25, 0.3) is 0 Å². The van der Waals surface area contributed by atoms with E-state index in [0.717, 1.165) is 32.5 Å². The molecule has 2 atom stereocenters. The lowest BCUT2D eigenvalue weighted by molar-refractivity contribution is -0.138. The molecule has 0 bridgehead atoms. The van der Waals surface area contributed by atoms with Crippen LogP contribution in [0.15, 0.2) is 24.3 Å². The lowest BCUT2D eigenvalue weighted by Crippen LogP contribution is -2.40. The van der Waals surface area contributed by atoms with Crippen molar-refractivity contribution in [1.82, 2.24) is 4.90 Å². The molecule has 1 heterocycles. The summed E-state index contributed by atoms with van der Waals surface area (Å²) in [7, 11) is 0. The predicted molar refractivity (Wildman–Crippen MR) is 74.3 cm³/mol. The Bertz CT molecular complexity index is 472. The molecule has 1 aromatic carbocycles. The molecule has 0 aromatic heterocycles. The summed E-state index contributed by atoms with van der Waals surface area (Å²) in [5.41, 5.74) is 2.99. The Hall–Kier alpha value is -1.35. The number of nitrogens with zero attached hydrogens (tertiary/aromatic N) is 1. The van der Waals surface area contributed by atoms with Crippen LogP contribution in [0.1, 0.15) is 36.3 Å². The number of aliphatic carboxylic acids is 1. The van der Waals surface area contributed by atoms with E-state index in [1.165, 1.54) is 17.5 Å². The van der Waals surface area contributed by atoms with Gasteiger partial charge in [-0.25, -0.2) is 0 Å². The summed E-state index contributed by atoms with van der Waals surface area (Å²) in [6.45, 7) is 3.20. The minimum Gasteiger partial charge on any atom is -0.481 e. The van der Waals surface area contributed by atoms with Crippen LogP contribution in [0, 0.1) is 5.92 Å². The van der Waals surface area contributed by atoms with E-state index >= 15 is 0 Å². The Morgan fingerprint density at radius 2 is 2.21 bits per heavy atom. The molecule has 1 aliphatic heterocycles. The number of fused-ring (bicyclic) bond motifs is 1. The second-order valence-corrected chi connectivity index (χ2v) is 5.97.